The molecule has 1 aliphatic heterocycles. The fraction of sp³-hybridized carbons (Fsp3) is 0.500. The average molecular weight is 124 g/mol. The van der Waals surface area contributed by atoms with E-state index in [1.54, 1.807) is 6.20 Å². The Labute approximate surface area is 53.1 Å². The molecule has 1 unspecified atom stereocenters. The van der Waals surface area contributed by atoms with E-state index in [0.29, 0.717) is 6.10 Å². The minimum absolute atomic E-state index is 0.441. The molecule has 1 aromatic rings. The summed E-state index contributed by atoms with van der Waals surface area (Å²) < 4.78 is 5.02. The van der Waals surface area contributed by atoms with Gasteiger partial charge in [0, 0.05) is 18.8 Å². The van der Waals surface area contributed by atoms with E-state index < -0.39 is 0 Å². The maximum atomic E-state index is 5.02. The molecule has 0 spiro atoms. The van der Waals surface area contributed by atoms with Crippen molar-refractivity contribution in [2.24, 2.45) is 0 Å². The fourth-order valence-electron chi connectivity index (χ4n) is 0.811. The first-order valence-corrected chi connectivity index (χ1v) is 3.05. The number of hydrogen-bond donors (Lipinski definition) is 1. The summed E-state index contributed by atoms with van der Waals surface area (Å²) in [5, 5.41) is 0. The van der Waals surface area contributed by atoms with Crippen molar-refractivity contribution in [2.75, 3.05) is 6.61 Å². The lowest BCUT2D eigenvalue weighted by atomic mass is 10.3. The Morgan fingerprint density at radius 2 is 2.78 bits per heavy atom. The largest absolute Gasteiger partial charge is 0.373 e. The van der Waals surface area contributed by atoms with Crippen LogP contribution < -0.4 is 0 Å². The van der Waals surface area contributed by atoms with Crippen molar-refractivity contribution in [3.05, 3.63) is 18.2 Å². The molecule has 2 rings (SSSR count). The topological polar surface area (TPSA) is 41.2 Å². The van der Waals surface area contributed by atoms with Crippen LogP contribution in [0.4, 0.5) is 0 Å². The SMILES string of the molecule is c1c[nH]c(CC2CO2)n1. The van der Waals surface area contributed by atoms with Gasteiger partial charge in [0.15, 0.2) is 0 Å². The minimum atomic E-state index is 0.441. The Hall–Kier alpha value is -0.830. The van der Waals surface area contributed by atoms with Gasteiger partial charge in [-0.15, -0.1) is 0 Å². The second-order valence-corrected chi connectivity index (χ2v) is 2.20. The number of aromatic amines is 1. The molecule has 0 bridgehead atoms. The van der Waals surface area contributed by atoms with Gasteiger partial charge in [-0.25, -0.2) is 4.98 Å². The lowest BCUT2D eigenvalue weighted by Crippen LogP contribution is -1.94. The van der Waals surface area contributed by atoms with E-state index in [1.807, 2.05) is 6.20 Å². The Morgan fingerprint density at radius 1 is 1.89 bits per heavy atom. The molecular formula is C6H8N2O. The molecule has 3 nitrogen and oxygen atoms in total. The quantitative estimate of drug-likeness (QED) is 0.578. The first-order valence-electron chi connectivity index (χ1n) is 3.05. The van der Waals surface area contributed by atoms with Gasteiger partial charge in [0.05, 0.1) is 12.7 Å². The third-order valence-corrected chi connectivity index (χ3v) is 1.38. The van der Waals surface area contributed by atoms with Crippen molar-refractivity contribution in [1.29, 1.82) is 0 Å². The normalized spacial score (nSPS) is 24.2. The van der Waals surface area contributed by atoms with Crippen LogP contribution in [0.15, 0.2) is 12.4 Å². The molecule has 0 aromatic carbocycles. The molecule has 1 fully saturated rings. The van der Waals surface area contributed by atoms with Gasteiger partial charge in [0.25, 0.3) is 0 Å². The van der Waals surface area contributed by atoms with Gasteiger partial charge < -0.3 is 9.72 Å². The summed E-state index contributed by atoms with van der Waals surface area (Å²) in [6, 6.07) is 0. The summed E-state index contributed by atoms with van der Waals surface area (Å²) in [5.41, 5.74) is 0. The molecule has 0 aliphatic carbocycles. The van der Waals surface area contributed by atoms with E-state index in [1.165, 1.54) is 0 Å². The van der Waals surface area contributed by atoms with Crippen molar-refractivity contribution in [3.8, 4) is 0 Å². The van der Waals surface area contributed by atoms with Gasteiger partial charge in [-0.3, -0.25) is 0 Å². The molecule has 1 aliphatic rings. The van der Waals surface area contributed by atoms with E-state index in [0.717, 1.165) is 18.9 Å². The van der Waals surface area contributed by atoms with Crippen LogP contribution >= 0.6 is 0 Å². The van der Waals surface area contributed by atoms with Gasteiger partial charge >= 0.3 is 0 Å². The van der Waals surface area contributed by atoms with Crippen LogP contribution in [-0.2, 0) is 11.2 Å². The maximum absolute atomic E-state index is 5.02. The van der Waals surface area contributed by atoms with Crippen molar-refractivity contribution in [3.63, 3.8) is 0 Å². The van der Waals surface area contributed by atoms with E-state index in [9.17, 15) is 0 Å². The molecule has 0 radical (unpaired) electrons. The Balaban J connectivity index is 1.99. The summed E-state index contributed by atoms with van der Waals surface area (Å²) in [6.07, 6.45) is 4.97. The third-order valence-electron chi connectivity index (χ3n) is 1.38. The van der Waals surface area contributed by atoms with E-state index in [4.69, 9.17) is 4.74 Å². The monoisotopic (exact) mass is 124 g/mol. The Bertz CT molecular complexity index is 179. The zero-order chi connectivity index (χ0) is 6.10. The smallest absolute Gasteiger partial charge is 0.108 e. The Kier molecular flexibility index (Phi) is 1.02. The van der Waals surface area contributed by atoms with E-state index in [-0.39, 0.29) is 0 Å². The van der Waals surface area contributed by atoms with Gasteiger partial charge in [0.2, 0.25) is 0 Å². The molecule has 48 valence electrons. The highest BCUT2D eigenvalue weighted by molar-refractivity contribution is 4.92. The van der Waals surface area contributed by atoms with Crippen molar-refractivity contribution in [1.82, 2.24) is 9.97 Å². The van der Waals surface area contributed by atoms with Crippen molar-refractivity contribution < 1.29 is 4.74 Å². The number of rotatable bonds is 2. The standard InChI is InChI=1S/C6H8N2O/c1-2-8-6(7-1)3-5-4-9-5/h1-2,5H,3-4H2,(H,7,8). The van der Waals surface area contributed by atoms with Crippen LogP contribution in [0.2, 0.25) is 0 Å². The second-order valence-electron chi connectivity index (χ2n) is 2.20. The summed E-state index contributed by atoms with van der Waals surface area (Å²) in [4.78, 5) is 7.08. The number of ether oxygens (including phenoxy) is 1. The first-order chi connectivity index (χ1) is 4.45. The molecule has 9 heavy (non-hydrogen) atoms. The number of imidazole rings is 1. The maximum Gasteiger partial charge on any atom is 0.108 e. The molecule has 2 heterocycles. The van der Waals surface area contributed by atoms with Crippen LogP contribution in [-0.4, -0.2) is 22.7 Å². The Morgan fingerprint density at radius 3 is 3.33 bits per heavy atom. The molecule has 1 aromatic heterocycles. The van der Waals surface area contributed by atoms with Crippen LogP contribution in [0.3, 0.4) is 0 Å². The van der Waals surface area contributed by atoms with E-state index >= 15 is 0 Å². The van der Waals surface area contributed by atoms with Gasteiger partial charge in [-0.05, 0) is 0 Å². The van der Waals surface area contributed by atoms with Crippen molar-refractivity contribution in [2.45, 2.75) is 12.5 Å². The molecule has 1 saturated heterocycles. The zero-order valence-electron chi connectivity index (χ0n) is 5.00. The molecule has 0 saturated carbocycles. The highest BCUT2D eigenvalue weighted by atomic mass is 16.6. The molecule has 0 amide bonds. The first kappa shape index (κ1) is 4.99. The zero-order valence-corrected chi connectivity index (χ0v) is 5.00. The third kappa shape index (κ3) is 1.10. The van der Waals surface area contributed by atoms with E-state index in [2.05, 4.69) is 9.97 Å². The lowest BCUT2D eigenvalue weighted by molar-refractivity contribution is 0.405. The summed E-state index contributed by atoms with van der Waals surface area (Å²) in [5.74, 6) is 1.03. The summed E-state index contributed by atoms with van der Waals surface area (Å²) in [6.45, 7) is 0.903. The molecule has 3 heteroatoms. The van der Waals surface area contributed by atoms with Crippen LogP contribution in [0.1, 0.15) is 5.82 Å². The number of nitrogens with zero attached hydrogens (tertiary/aromatic N) is 1. The average Bonchev–Trinajstić information content (AvgIpc) is 2.46. The van der Waals surface area contributed by atoms with Gasteiger partial charge in [0.1, 0.15) is 5.82 Å². The number of nitrogens with one attached hydrogen (secondary N) is 1. The number of aromatic nitrogens is 2. The van der Waals surface area contributed by atoms with Gasteiger partial charge in [-0.1, -0.05) is 0 Å². The van der Waals surface area contributed by atoms with Crippen LogP contribution in [0.25, 0.3) is 0 Å². The van der Waals surface area contributed by atoms with Crippen LogP contribution in [0, 0.1) is 0 Å². The number of H-pyrrole nitrogens is 1. The fourth-order valence-corrected chi connectivity index (χ4v) is 0.811. The predicted molar refractivity (Wildman–Crippen MR) is 32.0 cm³/mol. The highest BCUT2D eigenvalue weighted by Gasteiger charge is 2.23. The predicted octanol–water partition coefficient (Wildman–Crippen LogP) is 0.351. The molecular weight excluding hydrogens is 116 g/mol. The minimum Gasteiger partial charge on any atom is -0.373 e. The summed E-state index contributed by atoms with van der Waals surface area (Å²) in [7, 11) is 0. The number of epoxide rings is 1. The van der Waals surface area contributed by atoms with Gasteiger partial charge in [-0.2, -0.15) is 0 Å². The molecule has 1 N–H and O–H groups in total. The summed E-state index contributed by atoms with van der Waals surface area (Å²) >= 11 is 0. The lowest BCUT2D eigenvalue weighted by Gasteiger charge is -1.86. The molecule has 1 atom stereocenters. The number of hydrogen-bond acceptors (Lipinski definition) is 2. The second kappa shape index (κ2) is 1.84. The van der Waals surface area contributed by atoms with Crippen molar-refractivity contribution >= 4 is 0 Å². The van der Waals surface area contributed by atoms with Crippen LogP contribution in [0.5, 0.6) is 0 Å². The highest BCUT2D eigenvalue weighted by Crippen LogP contribution is 2.12.